The molecule has 1 saturated heterocycles. The van der Waals surface area contributed by atoms with Gasteiger partial charge in [-0.2, -0.15) is 0 Å². The summed E-state index contributed by atoms with van der Waals surface area (Å²) in [6.07, 6.45) is 0. The Hall–Kier alpha value is -0.520. The summed E-state index contributed by atoms with van der Waals surface area (Å²) in [4.78, 5) is 2.43. The normalized spacial score (nSPS) is 15.1. The summed E-state index contributed by atoms with van der Waals surface area (Å²) in [5.41, 5.74) is 1.26. The predicted molar refractivity (Wildman–Crippen MR) is 72.0 cm³/mol. The van der Waals surface area contributed by atoms with Crippen LogP contribution in [0.2, 0.25) is 0 Å². The molecule has 4 nitrogen and oxygen atoms in total. The Kier molecular flexibility index (Phi) is 10.9. The van der Waals surface area contributed by atoms with Crippen LogP contribution in [-0.2, 0) is 11.3 Å². The van der Waals surface area contributed by atoms with Crippen LogP contribution in [0.25, 0.3) is 0 Å². The van der Waals surface area contributed by atoms with Gasteiger partial charge in [0.25, 0.3) is 0 Å². The van der Waals surface area contributed by atoms with Gasteiger partial charge in [0.2, 0.25) is 0 Å². The van der Waals surface area contributed by atoms with Gasteiger partial charge in [-0.05, 0) is 17.7 Å². The minimum absolute atomic E-state index is 0. The van der Waals surface area contributed by atoms with Crippen LogP contribution in [0.3, 0.4) is 0 Å². The number of hydrogen-bond acceptors (Lipinski definition) is 4. The number of morpholine rings is 1. The van der Waals surface area contributed by atoms with Crippen molar-refractivity contribution in [3.05, 3.63) is 29.8 Å². The molecule has 0 aliphatic carbocycles. The van der Waals surface area contributed by atoms with Crippen LogP contribution in [0.15, 0.2) is 24.3 Å². The van der Waals surface area contributed by atoms with Gasteiger partial charge in [-0.3, -0.25) is 4.90 Å². The first-order chi connectivity index (χ1) is 8.88. The van der Waals surface area contributed by atoms with E-state index in [9.17, 15) is 0 Å². The Labute approximate surface area is 133 Å². The second kappa shape index (κ2) is 11.2. The highest BCUT2D eigenvalue weighted by Crippen LogP contribution is 2.11. The highest BCUT2D eigenvalue weighted by molar-refractivity contribution is 5.28. The number of halogens is 2. The summed E-state index contributed by atoms with van der Waals surface area (Å²) in [7, 11) is 1.70. The molecule has 0 atom stereocenters. The second-order valence-electron chi connectivity index (χ2n) is 4.48. The fourth-order valence-corrected chi connectivity index (χ4v) is 2.08. The molecule has 0 radical (unpaired) electrons. The molecule has 0 bridgehead atoms. The molecular formula is C14H22Cl2N2O2-2. The molecule has 0 aromatic heterocycles. The van der Waals surface area contributed by atoms with Crippen LogP contribution in [0.4, 0.5) is 0 Å². The number of hydrogen-bond donors (Lipinski definition) is 1. The monoisotopic (exact) mass is 320 g/mol. The summed E-state index contributed by atoms with van der Waals surface area (Å²) in [6, 6.07) is 8.18. The van der Waals surface area contributed by atoms with Gasteiger partial charge in [-0.1, -0.05) is 12.1 Å². The maximum Gasteiger partial charge on any atom is 0.119 e. The Bertz CT molecular complexity index is 361. The highest BCUT2D eigenvalue weighted by Gasteiger charge is 2.08. The fraction of sp³-hybridized carbons (Fsp3) is 0.571. The number of nitrogens with zero attached hydrogens (tertiary/aromatic N) is 1. The lowest BCUT2D eigenvalue weighted by molar-refractivity contribution is -0.001000. The first-order valence-corrected chi connectivity index (χ1v) is 6.52. The van der Waals surface area contributed by atoms with Gasteiger partial charge in [0, 0.05) is 32.7 Å². The van der Waals surface area contributed by atoms with E-state index in [0.29, 0.717) is 0 Å². The maximum atomic E-state index is 5.32. The minimum Gasteiger partial charge on any atom is -1.00 e. The zero-order valence-electron chi connectivity index (χ0n) is 11.8. The number of methoxy groups -OCH3 is 1. The molecule has 116 valence electrons. The largest absolute Gasteiger partial charge is 1.00 e. The fourth-order valence-electron chi connectivity index (χ4n) is 2.08. The predicted octanol–water partition coefficient (Wildman–Crippen LogP) is -4.87. The average molecular weight is 321 g/mol. The van der Waals surface area contributed by atoms with Gasteiger partial charge in [0.05, 0.1) is 20.3 Å². The average Bonchev–Trinajstić information content (AvgIpc) is 2.45. The summed E-state index contributed by atoms with van der Waals surface area (Å²) < 4.78 is 10.5. The third-order valence-electron chi connectivity index (χ3n) is 3.17. The van der Waals surface area contributed by atoms with E-state index in [1.807, 2.05) is 12.1 Å². The molecule has 0 spiro atoms. The third kappa shape index (κ3) is 6.77. The van der Waals surface area contributed by atoms with Crippen molar-refractivity contribution < 1.29 is 34.3 Å². The van der Waals surface area contributed by atoms with Gasteiger partial charge in [0.15, 0.2) is 0 Å². The van der Waals surface area contributed by atoms with Crippen LogP contribution in [0, 0.1) is 0 Å². The van der Waals surface area contributed by atoms with E-state index in [-0.39, 0.29) is 24.8 Å². The van der Waals surface area contributed by atoms with Crippen LogP contribution >= 0.6 is 0 Å². The molecule has 1 N–H and O–H groups in total. The number of benzene rings is 1. The number of rotatable bonds is 6. The van der Waals surface area contributed by atoms with Gasteiger partial charge < -0.3 is 39.6 Å². The van der Waals surface area contributed by atoms with Gasteiger partial charge in [0.1, 0.15) is 5.75 Å². The number of ether oxygens (including phenoxy) is 2. The van der Waals surface area contributed by atoms with E-state index in [1.54, 1.807) is 7.11 Å². The molecule has 0 amide bonds. The molecular weight excluding hydrogens is 299 g/mol. The van der Waals surface area contributed by atoms with E-state index < -0.39 is 0 Å². The van der Waals surface area contributed by atoms with Gasteiger partial charge >= 0.3 is 0 Å². The van der Waals surface area contributed by atoms with Crippen molar-refractivity contribution in [2.75, 3.05) is 46.5 Å². The van der Waals surface area contributed by atoms with Crippen LogP contribution in [-0.4, -0.2) is 51.4 Å². The Balaban J connectivity index is 0.00000180. The quantitative estimate of drug-likeness (QED) is 0.533. The van der Waals surface area contributed by atoms with Crippen molar-refractivity contribution in [1.82, 2.24) is 10.2 Å². The van der Waals surface area contributed by atoms with Gasteiger partial charge in [-0.15, -0.1) is 0 Å². The highest BCUT2D eigenvalue weighted by atomic mass is 35.5. The van der Waals surface area contributed by atoms with Crippen LogP contribution < -0.4 is 34.9 Å². The Morgan fingerprint density at radius 3 is 2.70 bits per heavy atom. The SMILES string of the molecule is COc1cccc(CNCCN2CCOCC2)c1.[Cl-].[Cl-]. The summed E-state index contributed by atoms with van der Waals surface area (Å²) >= 11 is 0. The molecule has 6 heteroatoms. The van der Waals surface area contributed by atoms with Crippen molar-refractivity contribution in [3.8, 4) is 5.75 Å². The van der Waals surface area contributed by atoms with Crippen molar-refractivity contribution >= 4 is 0 Å². The summed E-state index contributed by atoms with van der Waals surface area (Å²) in [5, 5.41) is 3.46. The first kappa shape index (κ1) is 19.5. The van der Waals surface area contributed by atoms with E-state index >= 15 is 0 Å². The zero-order valence-corrected chi connectivity index (χ0v) is 13.3. The lowest BCUT2D eigenvalue weighted by Crippen LogP contribution is -3.00. The molecule has 2 rings (SSSR count). The van der Waals surface area contributed by atoms with E-state index in [0.717, 1.165) is 51.7 Å². The zero-order chi connectivity index (χ0) is 12.6. The molecule has 1 heterocycles. The first-order valence-electron chi connectivity index (χ1n) is 6.52. The maximum absolute atomic E-state index is 5.32. The Morgan fingerprint density at radius 2 is 2.00 bits per heavy atom. The lowest BCUT2D eigenvalue weighted by Gasteiger charge is -2.26. The van der Waals surface area contributed by atoms with Crippen LogP contribution in [0.5, 0.6) is 5.75 Å². The topological polar surface area (TPSA) is 33.7 Å². The Morgan fingerprint density at radius 1 is 1.25 bits per heavy atom. The lowest BCUT2D eigenvalue weighted by atomic mass is 10.2. The summed E-state index contributed by atoms with van der Waals surface area (Å²) in [5.74, 6) is 0.919. The van der Waals surface area contributed by atoms with Crippen LogP contribution in [0.1, 0.15) is 5.56 Å². The van der Waals surface area contributed by atoms with Gasteiger partial charge in [-0.25, -0.2) is 0 Å². The molecule has 1 aliphatic rings. The molecule has 1 aromatic rings. The van der Waals surface area contributed by atoms with Crippen molar-refractivity contribution in [1.29, 1.82) is 0 Å². The standard InChI is InChI=1S/C14H22N2O2.2ClH/c1-17-14-4-2-3-13(11-14)12-15-5-6-16-7-9-18-10-8-16;;/h2-4,11,15H,5-10,12H2,1H3;2*1H/p-2. The third-order valence-corrected chi connectivity index (χ3v) is 3.17. The van der Waals surface area contributed by atoms with Crippen molar-refractivity contribution in [2.45, 2.75) is 6.54 Å². The second-order valence-corrected chi connectivity index (χ2v) is 4.48. The smallest absolute Gasteiger partial charge is 0.119 e. The van der Waals surface area contributed by atoms with E-state index in [1.165, 1.54) is 5.56 Å². The van der Waals surface area contributed by atoms with Crippen molar-refractivity contribution in [2.24, 2.45) is 0 Å². The van der Waals surface area contributed by atoms with E-state index in [2.05, 4.69) is 22.3 Å². The minimum atomic E-state index is 0. The summed E-state index contributed by atoms with van der Waals surface area (Å²) in [6.45, 7) is 6.85. The molecule has 0 unspecified atom stereocenters. The number of nitrogens with one attached hydrogen (secondary N) is 1. The van der Waals surface area contributed by atoms with E-state index in [4.69, 9.17) is 9.47 Å². The molecule has 1 fully saturated rings. The molecule has 0 saturated carbocycles. The molecule has 1 aromatic carbocycles. The molecule has 1 aliphatic heterocycles. The van der Waals surface area contributed by atoms with Crippen molar-refractivity contribution in [3.63, 3.8) is 0 Å². The molecule has 20 heavy (non-hydrogen) atoms.